The number of halogens is 2. The van der Waals surface area contributed by atoms with Gasteiger partial charge in [0.05, 0.1) is 13.2 Å². The van der Waals surface area contributed by atoms with Crippen molar-refractivity contribution in [1.29, 1.82) is 0 Å². The Labute approximate surface area is 120 Å². The summed E-state index contributed by atoms with van der Waals surface area (Å²) in [6.45, 7) is 1.03. The molecule has 2 rings (SSSR count). The average Bonchev–Trinajstić information content (AvgIpc) is 2.32. The van der Waals surface area contributed by atoms with Gasteiger partial charge in [0, 0.05) is 15.2 Å². The second-order valence-electron chi connectivity index (χ2n) is 3.97. The van der Waals surface area contributed by atoms with Crippen molar-refractivity contribution in [2.24, 2.45) is 0 Å². The maximum Gasteiger partial charge on any atom is 0.0735 e. The summed E-state index contributed by atoms with van der Waals surface area (Å²) in [5.74, 6) is 0. The van der Waals surface area contributed by atoms with Gasteiger partial charge in [-0.15, -0.1) is 0 Å². The second-order valence-corrected chi connectivity index (χ2v) is 5.30. The Morgan fingerprint density at radius 1 is 1.11 bits per heavy atom. The van der Waals surface area contributed by atoms with Gasteiger partial charge in [-0.2, -0.15) is 0 Å². The summed E-state index contributed by atoms with van der Waals surface area (Å²) >= 11 is 9.50. The minimum absolute atomic E-state index is 0.478. The molecule has 0 aromatic heterocycles. The van der Waals surface area contributed by atoms with E-state index in [1.807, 2.05) is 36.4 Å². The molecule has 0 spiro atoms. The van der Waals surface area contributed by atoms with Crippen LogP contribution in [0.15, 0.2) is 46.9 Å². The van der Waals surface area contributed by atoms with Crippen molar-refractivity contribution in [2.45, 2.75) is 13.2 Å². The fourth-order valence-corrected chi connectivity index (χ4v) is 2.28. The van der Waals surface area contributed by atoms with Gasteiger partial charge in [0.2, 0.25) is 0 Å². The number of anilines is 1. The average molecular weight is 327 g/mol. The molecular formula is C14H13BrClNO. The molecule has 2 aromatic rings. The molecule has 0 aliphatic rings. The van der Waals surface area contributed by atoms with E-state index >= 15 is 0 Å². The largest absolute Gasteiger partial charge is 0.399 e. The lowest BCUT2D eigenvalue weighted by Gasteiger charge is -2.07. The maximum atomic E-state index is 6.07. The molecule has 0 fully saturated rings. The Kier molecular flexibility index (Phi) is 4.64. The summed E-state index contributed by atoms with van der Waals surface area (Å²) in [5.41, 5.74) is 8.36. The molecule has 0 aliphatic carbocycles. The van der Waals surface area contributed by atoms with Crippen molar-refractivity contribution >= 4 is 33.2 Å². The number of benzene rings is 2. The molecule has 0 amide bonds. The van der Waals surface area contributed by atoms with E-state index in [2.05, 4.69) is 15.9 Å². The van der Waals surface area contributed by atoms with Crippen molar-refractivity contribution < 1.29 is 4.74 Å². The number of nitrogens with two attached hydrogens (primary N) is 1. The molecule has 0 radical (unpaired) electrons. The van der Waals surface area contributed by atoms with Crippen molar-refractivity contribution in [3.8, 4) is 0 Å². The van der Waals surface area contributed by atoms with E-state index in [0.29, 0.717) is 23.9 Å². The highest BCUT2D eigenvalue weighted by Gasteiger charge is 2.01. The number of rotatable bonds is 4. The molecule has 94 valence electrons. The molecule has 2 N–H and O–H groups in total. The number of nitrogen functional groups attached to an aromatic ring is 1. The van der Waals surface area contributed by atoms with Crippen LogP contribution in [0.1, 0.15) is 11.1 Å². The summed E-state index contributed by atoms with van der Waals surface area (Å²) < 4.78 is 6.69. The van der Waals surface area contributed by atoms with Crippen LogP contribution in [0.5, 0.6) is 0 Å². The SMILES string of the molecule is Nc1ccc(COCc2cccc(Br)c2)c(Cl)c1. The highest BCUT2D eigenvalue weighted by molar-refractivity contribution is 9.10. The van der Waals surface area contributed by atoms with Crippen LogP contribution in [0.2, 0.25) is 5.02 Å². The summed E-state index contributed by atoms with van der Waals surface area (Å²) in [5, 5.41) is 0.643. The first-order valence-electron chi connectivity index (χ1n) is 5.51. The van der Waals surface area contributed by atoms with Gasteiger partial charge in [-0.25, -0.2) is 0 Å². The van der Waals surface area contributed by atoms with Crippen molar-refractivity contribution in [1.82, 2.24) is 0 Å². The molecule has 0 bridgehead atoms. The van der Waals surface area contributed by atoms with Crippen molar-refractivity contribution in [3.63, 3.8) is 0 Å². The second kappa shape index (κ2) is 6.23. The third-order valence-electron chi connectivity index (χ3n) is 2.49. The van der Waals surface area contributed by atoms with E-state index in [4.69, 9.17) is 22.1 Å². The van der Waals surface area contributed by atoms with E-state index in [9.17, 15) is 0 Å². The van der Waals surface area contributed by atoms with E-state index < -0.39 is 0 Å². The van der Waals surface area contributed by atoms with Crippen LogP contribution in [0, 0.1) is 0 Å². The molecule has 0 saturated carbocycles. The van der Waals surface area contributed by atoms with E-state index in [0.717, 1.165) is 15.6 Å². The third-order valence-corrected chi connectivity index (χ3v) is 3.34. The van der Waals surface area contributed by atoms with Gasteiger partial charge < -0.3 is 10.5 Å². The highest BCUT2D eigenvalue weighted by atomic mass is 79.9. The first kappa shape index (κ1) is 13.4. The quantitative estimate of drug-likeness (QED) is 0.845. The summed E-state index contributed by atoms with van der Waals surface area (Å²) in [6, 6.07) is 13.5. The van der Waals surface area contributed by atoms with Crippen LogP contribution in [-0.4, -0.2) is 0 Å². The number of hydrogen-bond donors (Lipinski definition) is 1. The van der Waals surface area contributed by atoms with Gasteiger partial charge >= 0.3 is 0 Å². The first-order chi connectivity index (χ1) is 8.65. The van der Waals surface area contributed by atoms with Gasteiger partial charge in [0.1, 0.15) is 0 Å². The molecule has 0 heterocycles. The smallest absolute Gasteiger partial charge is 0.0735 e. The van der Waals surface area contributed by atoms with Crippen molar-refractivity contribution in [2.75, 3.05) is 5.73 Å². The lowest BCUT2D eigenvalue weighted by atomic mass is 10.2. The van der Waals surface area contributed by atoms with Crippen LogP contribution >= 0.6 is 27.5 Å². The van der Waals surface area contributed by atoms with Crippen LogP contribution < -0.4 is 5.73 Å². The Hall–Kier alpha value is -1.03. The normalized spacial score (nSPS) is 10.6. The first-order valence-corrected chi connectivity index (χ1v) is 6.68. The van der Waals surface area contributed by atoms with Crippen LogP contribution in [-0.2, 0) is 18.0 Å². The number of hydrogen-bond acceptors (Lipinski definition) is 2. The zero-order chi connectivity index (χ0) is 13.0. The maximum absolute atomic E-state index is 6.07. The van der Waals surface area contributed by atoms with Gasteiger partial charge in [0.25, 0.3) is 0 Å². The van der Waals surface area contributed by atoms with Gasteiger partial charge in [-0.1, -0.05) is 45.7 Å². The third kappa shape index (κ3) is 3.73. The number of ether oxygens (including phenoxy) is 1. The van der Waals surface area contributed by atoms with Crippen LogP contribution in [0.25, 0.3) is 0 Å². The highest BCUT2D eigenvalue weighted by Crippen LogP contribution is 2.20. The minimum atomic E-state index is 0.478. The molecule has 0 unspecified atom stereocenters. The Balaban J connectivity index is 1.92. The van der Waals surface area contributed by atoms with Crippen LogP contribution in [0.4, 0.5) is 5.69 Å². The molecule has 4 heteroatoms. The molecule has 0 aliphatic heterocycles. The Bertz CT molecular complexity index is 545. The molecule has 0 saturated heterocycles. The van der Waals surface area contributed by atoms with Crippen molar-refractivity contribution in [3.05, 3.63) is 63.1 Å². The van der Waals surface area contributed by atoms with Gasteiger partial charge in [-0.05, 0) is 35.4 Å². The summed E-state index contributed by atoms with van der Waals surface area (Å²) in [4.78, 5) is 0. The molecule has 2 nitrogen and oxygen atoms in total. The van der Waals surface area contributed by atoms with E-state index in [1.165, 1.54) is 0 Å². The predicted molar refractivity (Wildman–Crippen MR) is 78.5 cm³/mol. The Morgan fingerprint density at radius 3 is 2.67 bits per heavy atom. The lowest BCUT2D eigenvalue weighted by Crippen LogP contribution is -1.96. The van der Waals surface area contributed by atoms with Gasteiger partial charge in [-0.3, -0.25) is 0 Å². The van der Waals surface area contributed by atoms with E-state index in [-0.39, 0.29) is 0 Å². The lowest BCUT2D eigenvalue weighted by molar-refractivity contribution is 0.107. The van der Waals surface area contributed by atoms with Gasteiger partial charge in [0.15, 0.2) is 0 Å². The molecular weight excluding hydrogens is 314 g/mol. The minimum Gasteiger partial charge on any atom is -0.399 e. The monoisotopic (exact) mass is 325 g/mol. The predicted octanol–water partition coefficient (Wildman–Crippen LogP) is 4.40. The Morgan fingerprint density at radius 2 is 1.94 bits per heavy atom. The molecule has 2 aromatic carbocycles. The van der Waals surface area contributed by atoms with E-state index in [1.54, 1.807) is 6.07 Å². The summed E-state index contributed by atoms with van der Waals surface area (Å²) in [7, 11) is 0. The molecule has 0 atom stereocenters. The summed E-state index contributed by atoms with van der Waals surface area (Å²) in [6.07, 6.45) is 0. The van der Waals surface area contributed by atoms with Crippen LogP contribution in [0.3, 0.4) is 0 Å². The standard InChI is InChI=1S/C14H13BrClNO/c15-12-3-1-2-10(6-12)8-18-9-11-4-5-13(17)7-14(11)16/h1-7H,8-9,17H2. The fourth-order valence-electron chi connectivity index (χ4n) is 1.59. The molecule has 18 heavy (non-hydrogen) atoms. The fraction of sp³-hybridized carbons (Fsp3) is 0.143. The topological polar surface area (TPSA) is 35.2 Å². The zero-order valence-electron chi connectivity index (χ0n) is 9.70. The zero-order valence-corrected chi connectivity index (χ0v) is 12.0.